The summed E-state index contributed by atoms with van der Waals surface area (Å²) in [7, 11) is 0. The maximum atomic E-state index is 9.35. The Morgan fingerprint density at radius 3 is 3.30 bits per heavy atom. The molecule has 1 aromatic rings. The van der Waals surface area contributed by atoms with E-state index >= 15 is 0 Å². The number of hydrogen-bond acceptors (Lipinski definition) is 2. The molecule has 0 bridgehead atoms. The minimum Gasteiger partial charge on any atom is -0.493 e. The molecule has 2 nitrogen and oxygen atoms in total. The lowest BCUT2D eigenvalue weighted by atomic mass is 10.1. The van der Waals surface area contributed by atoms with E-state index in [1.165, 1.54) is 0 Å². The van der Waals surface area contributed by atoms with E-state index in [2.05, 4.69) is 4.98 Å². The lowest BCUT2D eigenvalue weighted by Crippen LogP contribution is -1.90. The van der Waals surface area contributed by atoms with Gasteiger partial charge in [-0.25, -0.2) is 4.98 Å². The lowest BCUT2D eigenvalue weighted by Gasteiger charge is -2.02. The Morgan fingerprint density at radius 1 is 1.80 bits per heavy atom. The summed E-state index contributed by atoms with van der Waals surface area (Å²) < 4.78 is 73.4. The second kappa shape index (κ2) is 2.69. The molecule has 1 aromatic heterocycles. The van der Waals surface area contributed by atoms with Crippen molar-refractivity contribution in [2.24, 2.45) is 0 Å². The van der Waals surface area contributed by atoms with Crippen LogP contribution in [0.1, 0.15) is 39.0 Å². The minimum atomic E-state index is -3.37. The van der Waals surface area contributed by atoms with Gasteiger partial charge < -0.3 is 5.11 Å². The summed E-state index contributed by atoms with van der Waals surface area (Å²) in [4.78, 5) is 3.19. The molecule has 0 fully saturated rings. The summed E-state index contributed by atoms with van der Waals surface area (Å²) in [5.74, 6) is -4.37. The van der Waals surface area contributed by atoms with Gasteiger partial charge in [-0.15, -0.1) is 0 Å². The Morgan fingerprint density at radius 2 is 2.60 bits per heavy atom. The van der Waals surface area contributed by atoms with Crippen LogP contribution in [0.4, 0.5) is 0 Å². The van der Waals surface area contributed by atoms with Crippen molar-refractivity contribution in [1.82, 2.24) is 4.98 Å². The Labute approximate surface area is 74.6 Å². The van der Waals surface area contributed by atoms with Crippen molar-refractivity contribution in [3.8, 4) is 5.88 Å². The molecule has 0 spiro atoms. The first kappa shape index (κ1) is 1.58. The maximum absolute atomic E-state index is 9.35. The molecule has 10 heavy (non-hydrogen) atoms. The van der Waals surface area contributed by atoms with Crippen molar-refractivity contribution in [3.63, 3.8) is 0 Å². The SMILES string of the molecule is [2H]c1c(O)nc(C([2H])(C([2H])([2H])[2H])C([2H])([2H])[2H])c([2H])c1[2H]. The highest BCUT2D eigenvalue weighted by molar-refractivity contribution is 5.16. The zero-order valence-electron chi connectivity index (χ0n) is 14.9. The lowest BCUT2D eigenvalue weighted by molar-refractivity contribution is 0.450. The molecule has 0 saturated carbocycles. The van der Waals surface area contributed by atoms with Gasteiger partial charge in [-0.1, -0.05) is 19.7 Å². The normalized spacial score (nSPS) is 28.4. The molecule has 1 rings (SSSR count). The van der Waals surface area contributed by atoms with Crippen LogP contribution in [0.3, 0.4) is 0 Å². The summed E-state index contributed by atoms with van der Waals surface area (Å²) in [6.07, 6.45) is 0. The molecule has 2 heteroatoms. The summed E-state index contributed by atoms with van der Waals surface area (Å²) in [6, 6.07) is -2.70. The van der Waals surface area contributed by atoms with Gasteiger partial charge in [0.2, 0.25) is 5.88 Å². The highest BCUT2D eigenvalue weighted by Gasteiger charge is 1.99. The molecule has 0 amide bonds. The van der Waals surface area contributed by atoms with Crippen LogP contribution >= 0.6 is 0 Å². The third-order valence-electron chi connectivity index (χ3n) is 0.810. The third-order valence-corrected chi connectivity index (χ3v) is 0.810. The predicted molar refractivity (Wildman–Crippen MR) is 40.0 cm³/mol. The van der Waals surface area contributed by atoms with Gasteiger partial charge in [0.05, 0.1) is 4.11 Å². The first-order valence-corrected chi connectivity index (χ1v) is 2.42. The molecular weight excluding hydrogens is 126 g/mol. The van der Waals surface area contributed by atoms with Crippen LogP contribution in [0.15, 0.2) is 18.1 Å². The average molecular weight is 147 g/mol. The highest BCUT2D eigenvalue weighted by atomic mass is 16.3. The monoisotopic (exact) mass is 147 g/mol. The third kappa shape index (κ3) is 1.47. The van der Waals surface area contributed by atoms with Crippen LogP contribution in [-0.2, 0) is 0 Å². The second-order valence-corrected chi connectivity index (χ2v) is 1.53. The van der Waals surface area contributed by atoms with E-state index in [0.29, 0.717) is 0 Å². The zero-order valence-corrected chi connectivity index (χ0v) is 4.89. The van der Waals surface area contributed by atoms with Gasteiger partial charge >= 0.3 is 0 Å². The molecule has 0 atom stereocenters. The number of nitrogens with zero attached hydrogens (tertiary/aromatic N) is 1. The molecule has 0 aliphatic carbocycles. The quantitative estimate of drug-likeness (QED) is 0.658. The zero-order chi connectivity index (χ0) is 16.1. The molecule has 0 unspecified atom stereocenters. The van der Waals surface area contributed by atoms with Crippen LogP contribution in [0.25, 0.3) is 0 Å². The van der Waals surface area contributed by atoms with Gasteiger partial charge in [0.1, 0.15) is 0 Å². The first-order valence-electron chi connectivity index (χ1n) is 7.42. The number of rotatable bonds is 1. The molecule has 54 valence electrons. The maximum Gasteiger partial charge on any atom is 0.210 e. The Hall–Kier alpha value is -1.05. The van der Waals surface area contributed by atoms with E-state index in [0.717, 1.165) is 0 Å². The number of pyridine rings is 1. The summed E-state index contributed by atoms with van der Waals surface area (Å²) in [6.45, 7) is -6.74. The average Bonchev–Trinajstić information content (AvgIpc) is 2.27. The summed E-state index contributed by atoms with van der Waals surface area (Å²) in [5, 5.41) is 9.35. The molecule has 0 aromatic carbocycles. The first-order chi connectivity index (χ1) is 8.75. The van der Waals surface area contributed by atoms with Crippen LogP contribution in [0.5, 0.6) is 5.88 Å². The smallest absolute Gasteiger partial charge is 0.210 e. The molecule has 1 N–H and O–H groups in total. The standard InChI is InChI=1S/C8H11NO/c1-6(2)7-4-3-5-8(10)9-7/h3-6H,1-2H3,(H,9,10)/i1D3,2D3,3D,4D,5D,6D. The van der Waals surface area contributed by atoms with E-state index in [9.17, 15) is 5.11 Å². The molecule has 0 aliphatic heterocycles. The van der Waals surface area contributed by atoms with Crippen molar-refractivity contribution in [3.05, 3.63) is 23.8 Å². The Bertz CT molecular complexity index is 520. The fraction of sp³-hybridized carbons (Fsp3) is 0.375. The fourth-order valence-electron chi connectivity index (χ4n) is 0.427. The van der Waals surface area contributed by atoms with Crippen molar-refractivity contribution in [2.45, 2.75) is 19.6 Å². The Balaban J connectivity index is 3.79. The molecular formula is C8H11NO. The number of aromatic nitrogens is 1. The van der Waals surface area contributed by atoms with Gasteiger partial charge in [0, 0.05) is 21.3 Å². The number of hydrogen-bond donors (Lipinski definition) is 1. The molecule has 0 radical (unpaired) electrons. The topological polar surface area (TPSA) is 33.1 Å². The Kier molecular flexibility index (Phi) is 0.424. The molecule has 1 heterocycles. The van der Waals surface area contributed by atoms with Gasteiger partial charge in [-0.3, -0.25) is 0 Å². The molecule has 0 saturated heterocycles. The second-order valence-electron chi connectivity index (χ2n) is 1.53. The molecule has 0 aliphatic rings. The number of aromatic hydroxyl groups is 1. The van der Waals surface area contributed by atoms with Gasteiger partial charge in [0.25, 0.3) is 0 Å². The van der Waals surface area contributed by atoms with E-state index in [1.807, 2.05) is 0 Å². The van der Waals surface area contributed by atoms with E-state index in [-0.39, 0.29) is 0 Å². The van der Waals surface area contributed by atoms with Crippen molar-refractivity contribution < 1.29 is 18.8 Å². The van der Waals surface area contributed by atoms with Crippen LogP contribution in [0, 0.1) is 0 Å². The van der Waals surface area contributed by atoms with Crippen LogP contribution < -0.4 is 0 Å². The largest absolute Gasteiger partial charge is 0.493 e. The van der Waals surface area contributed by atoms with Crippen molar-refractivity contribution >= 4 is 0 Å². The fourth-order valence-corrected chi connectivity index (χ4v) is 0.427. The minimum absolute atomic E-state index is 0.836. The van der Waals surface area contributed by atoms with E-state index in [4.69, 9.17) is 13.7 Å². The highest BCUT2D eigenvalue weighted by Crippen LogP contribution is 2.13. The van der Waals surface area contributed by atoms with Gasteiger partial charge in [-0.2, -0.15) is 0 Å². The van der Waals surface area contributed by atoms with E-state index < -0.39 is 49.3 Å². The van der Waals surface area contributed by atoms with Crippen LogP contribution in [-0.4, -0.2) is 10.1 Å². The van der Waals surface area contributed by atoms with Crippen molar-refractivity contribution in [1.29, 1.82) is 0 Å². The predicted octanol–water partition coefficient (Wildman–Crippen LogP) is 1.91. The van der Waals surface area contributed by atoms with Gasteiger partial charge in [0.15, 0.2) is 0 Å². The van der Waals surface area contributed by atoms with Gasteiger partial charge in [-0.05, 0) is 11.9 Å². The summed E-state index contributed by atoms with van der Waals surface area (Å²) in [5.41, 5.74) is -1.07. The summed E-state index contributed by atoms with van der Waals surface area (Å²) >= 11 is 0. The van der Waals surface area contributed by atoms with Crippen LogP contribution in [0.2, 0.25) is 0 Å². The van der Waals surface area contributed by atoms with Crippen molar-refractivity contribution in [2.75, 3.05) is 0 Å². The van der Waals surface area contributed by atoms with E-state index in [1.54, 1.807) is 0 Å².